The Morgan fingerprint density at radius 1 is 1.50 bits per heavy atom. The third kappa shape index (κ3) is 2.43. The number of hydrogen-bond donors (Lipinski definition) is 1. The molecule has 3 rings (SSSR count). The SMILES string of the molecule is C=C(C)c1ccc2c(c1)C(N1C(=O)CC(CC)N=C1N)CC2. The van der Waals surface area contributed by atoms with Crippen molar-refractivity contribution in [3.63, 3.8) is 0 Å². The average Bonchev–Trinajstić information content (AvgIpc) is 2.89. The summed E-state index contributed by atoms with van der Waals surface area (Å²) in [5.41, 5.74) is 10.8. The number of carbonyl (C=O) groups is 1. The zero-order valence-corrected chi connectivity index (χ0v) is 13.3. The van der Waals surface area contributed by atoms with Crippen LogP contribution in [-0.2, 0) is 11.2 Å². The second-order valence-corrected chi connectivity index (χ2v) is 6.27. The highest BCUT2D eigenvalue weighted by Crippen LogP contribution is 2.38. The van der Waals surface area contributed by atoms with Gasteiger partial charge in [0.25, 0.3) is 0 Å². The summed E-state index contributed by atoms with van der Waals surface area (Å²) in [7, 11) is 0. The van der Waals surface area contributed by atoms with Crippen molar-refractivity contribution in [3.8, 4) is 0 Å². The number of amides is 1. The first-order valence-electron chi connectivity index (χ1n) is 7.95. The van der Waals surface area contributed by atoms with Gasteiger partial charge >= 0.3 is 0 Å². The molecule has 22 heavy (non-hydrogen) atoms. The largest absolute Gasteiger partial charge is 0.369 e. The van der Waals surface area contributed by atoms with E-state index in [1.165, 1.54) is 11.1 Å². The van der Waals surface area contributed by atoms with Gasteiger partial charge in [-0.2, -0.15) is 0 Å². The molecule has 0 saturated heterocycles. The van der Waals surface area contributed by atoms with Crippen molar-refractivity contribution >= 4 is 17.4 Å². The first kappa shape index (κ1) is 14.8. The zero-order valence-electron chi connectivity index (χ0n) is 13.3. The van der Waals surface area contributed by atoms with Crippen LogP contribution in [0.15, 0.2) is 29.8 Å². The standard InChI is InChI=1S/C18H23N3O/c1-4-14-10-17(22)21(18(19)20-14)16-8-7-12-5-6-13(11(2)3)9-15(12)16/h5-6,9,14,16H,2,4,7-8,10H2,1,3H3,(H2,19,20). The zero-order chi connectivity index (χ0) is 15.9. The number of aliphatic imine (C=N–C) groups is 1. The van der Waals surface area contributed by atoms with E-state index >= 15 is 0 Å². The van der Waals surface area contributed by atoms with E-state index in [0.717, 1.165) is 30.4 Å². The highest BCUT2D eigenvalue weighted by Gasteiger charge is 2.36. The van der Waals surface area contributed by atoms with Crippen LogP contribution in [0, 0.1) is 0 Å². The summed E-state index contributed by atoms with van der Waals surface area (Å²) >= 11 is 0. The number of nitrogens with two attached hydrogens (primary N) is 1. The van der Waals surface area contributed by atoms with Crippen LogP contribution < -0.4 is 5.73 Å². The van der Waals surface area contributed by atoms with Gasteiger partial charge in [0, 0.05) is 6.42 Å². The van der Waals surface area contributed by atoms with Crippen LogP contribution in [0.2, 0.25) is 0 Å². The van der Waals surface area contributed by atoms with E-state index in [9.17, 15) is 4.79 Å². The summed E-state index contributed by atoms with van der Waals surface area (Å²) in [4.78, 5) is 18.7. The van der Waals surface area contributed by atoms with Gasteiger partial charge in [-0.1, -0.05) is 31.2 Å². The predicted molar refractivity (Wildman–Crippen MR) is 89.4 cm³/mol. The molecule has 2 N–H and O–H groups in total. The Labute approximate surface area is 131 Å². The number of hydrogen-bond acceptors (Lipinski definition) is 3. The molecule has 2 unspecified atom stereocenters. The Kier molecular flexibility index (Phi) is 3.77. The summed E-state index contributed by atoms with van der Waals surface area (Å²) in [6.45, 7) is 8.05. The third-order valence-electron chi connectivity index (χ3n) is 4.71. The molecular weight excluding hydrogens is 274 g/mol. The van der Waals surface area contributed by atoms with Gasteiger partial charge < -0.3 is 5.73 Å². The minimum absolute atomic E-state index is 0.0170. The first-order valence-corrected chi connectivity index (χ1v) is 7.95. The Bertz CT molecular complexity index is 662. The average molecular weight is 297 g/mol. The van der Waals surface area contributed by atoms with Crippen molar-refractivity contribution in [2.75, 3.05) is 0 Å². The van der Waals surface area contributed by atoms with E-state index in [2.05, 4.69) is 29.8 Å². The number of allylic oxidation sites excluding steroid dienone is 1. The van der Waals surface area contributed by atoms with Crippen LogP contribution in [0.1, 0.15) is 55.8 Å². The molecule has 0 spiro atoms. The fraction of sp³-hybridized carbons (Fsp3) is 0.444. The summed E-state index contributed by atoms with van der Waals surface area (Å²) in [6, 6.07) is 6.46. The molecule has 1 aromatic rings. The lowest BCUT2D eigenvalue weighted by Gasteiger charge is -2.33. The number of aryl methyl sites for hydroxylation is 1. The number of guanidine groups is 1. The quantitative estimate of drug-likeness (QED) is 0.932. The first-order chi connectivity index (χ1) is 10.5. The Hall–Kier alpha value is -2.10. The smallest absolute Gasteiger partial charge is 0.232 e. The van der Waals surface area contributed by atoms with Gasteiger partial charge in [0.2, 0.25) is 5.91 Å². The molecule has 1 aliphatic heterocycles. The maximum Gasteiger partial charge on any atom is 0.232 e. The van der Waals surface area contributed by atoms with Gasteiger partial charge in [0.15, 0.2) is 5.96 Å². The highest BCUT2D eigenvalue weighted by atomic mass is 16.2. The van der Waals surface area contributed by atoms with Crippen molar-refractivity contribution in [2.45, 2.75) is 51.6 Å². The van der Waals surface area contributed by atoms with Gasteiger partial charge in [-0.05, 0) is 48.9 Å². The van der Waals surface area contributed by atoms with Gasteiger partial charge in [-0.15, -0.1) is 0 Å². The molecular formula is C18H23N3O. The van der Waals surface area contributed by atoms with E-state index in [0.29, 0.717) is 12.4 Å². The summed E-state index contributed by atoms with van der Waals surface area (Å²) in [5, 5.41) is 0. The van der Waals surface area contributed by atoms with Gasteiger partial charge in [0.1, 0.15) is 0 Å². The van der Waals surface area contributed by atoms with Crippen molar-refractivity contribution < 1.29 is 4.79 Å². The normalized spacial score (nSPS) is 24.2. The van der Waals surface area contributed by atoms with Crippen LogP contribution in [-0.4, -0.2) is 22.8 Å². The maximum atomic E-state index is 12.5. The number of fused-ring (bicyclic) bond motifs is 1. The Morgan fingerprint density at radius 2 is 2.27 bits per heavy atom. The minimum atomic E-state index is 0.0170. The van der Waals surface area contributed by atoms with Gasteiger partial charge in [0.05, 0.1) is 12.1 Å². The van der Waals surface area contributed by atoms with Crippen molar-refractivity contribution in [1.82, 2.24) is 4.90 Å². The van der Waals surface area contributed by atoms with E-state index < -0.39 is 0 Å². The molecule has 0 bridgehead atoms. The van der Waals surface area contributed by atoms with E-state index in [4.69, 9.17) is 5.73 Å². The summed E-state index contributed by atoms with van der Waals surface area (Å²) in [6.07, 6.45) is 3.20. The number of rotatable bonds is 3. The maximum absolute atomic E-state index is 12.5. The highest BCUT2D eigenvalue weighted by molar-refractivity contribution is 5.99. The number of benzene rings is 1. The predicted octanol–water partition coefficient (Wildman–Crippen LogP) is 3.03. The second kappa shape index (κ2) is 5.59. The Morgan fingerprint density at radius 3 is 2.91 bits per heavy atom. The monoisotopic (exact) mass is 297 g/mol. The lowest BCUT2D eigenvalue weighted by Crippen LogP contribution is -2.48. The molecule has 0 fully saturated rings. The van der Waals surface area contributed by atoms with Gasteiger partial charge in [-0.25, -0.2) is 4.99 Å². The second-order valence-electron chi connectivity index (χ2n) is 6.27. The van der Waals surface area contributed by atoms with Gasteiger partial charge in [-0.3, -0.25) is 9.69 Å². The molecule has 4 heteroatoms. The molecule has 0 radical (unpaired) electrons. The lowest BCUT2D eigenvalue weighted by molar-refractivity contribution is -0.130. The third-order valence-corrected chi connectivity index (χ3v) is 4.71. The van der Waals surface area contributed by atoms with Crippen molar-refractivity contribution in [2.24, 2.45) is 10.7 Å². The summed E-state index contributed by atoms with van der Waals surface area (Å²) in [5.74, 6) is 0.472. The Balaban J connectivity index is 1.97. The molecule has 1 aliphatic carbocycles. The molecule has 0 aromatic heterocycles. The lowest BCUT2D eigenvalue weighted by atomic mass is 9.99. The minimum Gasteiger partial charge on any atom is -0.369 e. The van der Waals surface area contributed by atoms with E-state index in [1.807, 2.05) is 13.8 Å². The van der Waals surface area contributed by atoms with Crippen molar-refractivity contribution in [3.05, 3.63) is 41.5 Å². The molecule has 2 atom stereocenters. The molecule has 2 aliphatic rings. The topological polar surface area (TPSA) is 58.7 Å². The molecule has 1 heterocycles. The summed E-state index contributed by atoms with van der Waals surface area (Å²) < 4.78 is 0. The number of nitrogens with zero attached hydrogens (tertiary/aromatic N) is 2. The van der Waals surface area contributed by atoms with E-state index in [-0.39, 0.29) is 18.0 Å². The fourth-order valence-corrected chi connectivity index (χ4v) is 3.41. The molecule has 0 saturated carbocycles. The number of carbonyl (C=O) groups excluding carboxylic acids is 1. The molecule has 4 nitrogen and oxygen atoms in total. The van der Waals surface area contributed by atoms with E-state index in [1.54, 1.807) is 4.90 Å². The van der Waals surface area contributed by atoms with Crippen LogP contribution in [0.5, 0.6) is 0 Å². The van der Waals surface area contributed by atoms with Crippen molar-refractivity contribution in [1.29, 1.82) is 0 Å². The van der Waals surface area contributed by atoms with Crippen LogP contribution in [0.25, 0.3) is 5.57 Å². The molecule has 1 aromatic carbocycles. The van der Waals surface area contributed by atoms with Crippen LogP contribution in [0.4, 0.5) is 0 Å². The molecule has 1 amide bonds. The fourth-order valence-electron chi connectivity index (χ4n) is 3.41. The van der Waals surface area contributed by atoms with Crippen LogP contribution >= 0.6 is 0 Å². The van der Waals surface area contributed by atoms with Crippen LogP contribution in [0.3, 0.4) is 0 Å². The molecule has 116 valence electrons.